The van der Waals surface area contributed by atoms with E-state index in [0.717, 1.165) is 5.56 Å². The lowest BCUT2D eigenvalue weighted by atomic mass is 10.2. The van der Waals surface area contributed by atoms with Crippen molar-refractivity contribution in [2.45, 2.75) is 6.54 Å². The van der Waals surface area contributed by atoms with Gasteiger partial charge in [-0.3, -0.25) is 4.57 Å². The van der Waals surface area contributed by atoms with E-state index in [-0.39, 0.29) is 0 Å². The molecule has 0 unspecified atom stereocenters. The van der Waals surface area contributed by atoms with Gasteiger partial charge >= 0.3 is 0 Å². The third kappa shape index (κ3) is 2.03. The molecule has 0 amide bonds. The second kappa shape index (κ2) is 4.31. The molecule has 0 aliphatic heterocycles. The maximum atomic E-state index is 5.67. The van der Waals surface area contributed by atoms with E-state index in [1.165, 1.54) is 0 Å². The summed E-state index contributed by atoms with van der Waals surface area (Å²) >= 11 is 5.05. The van der Waals surface area contributed by atoms with Crippen molar-refractivity contribution < 1.29 is 4.74 Å². The number of methoxy groups -OCH3 is 1. The number of ether oxygens (including phenoxy) is 1. The van der Waals surface area contributed by atoms with E-state index in [1.807, 2.05) is 12.1 Å². The van der Waals surface area contributed by atoms with Crippen LogP contribution in [0.25, 0.3) is 0 Å². The first kappa shape index (κ1) is 10.6. The van der Waals surface area contributed by atoms with Crippen molar-refractivity contribution in [3.05, 3.63) is 28.7 Å². The van der Waals surface area contributed by atoms with Gasteiger partial charge in [-0.05, 0) is 23.8 Å². The number of aromatic amines is 1. The van der Waals surface area contributed by atoms with Crippen LogP contribution < -0.4 is 10.5 Å². The fourth-order valence-electron chi connectivity index (χ4n) is 1.33. The largest absolute Gasteiger partial charge is 0.481 e. The number of hydrogen-bond acceptors (Lipinski definition) is 5. The average Bonchev–Trinajstić information content (AvgIpc) is 2.61. The molecule has 2 aromatic rings. The van der Waals surface area contributed by atoms with Crippen LogP contribution in [-0.2, 0) is 6.54 Å². The van der Waals surface area contributed by atoms with Gasteiger partial charge in [0.1, 0.15) is 0 Å². The molecular formula is C9H11N5OS. The van der Waals surface area contributed by atoms with E-state index >= 15 is 0 Å². The van der Waals surface area contributed by atoms with Crippen LogP contribution in [0.3, 0.4) is 0 Å². The predicted octanol–water partition coefficient (Wildman–Crippen LogP) is 0.975. The van der Waals surface area contributed by atoms with E-state index < -0.39 is 0 Å². The van der Waals surface area contributed by atoms with Crippen LogP contribution in [-0.4, -0.2) is 26.9 Å². The molecule has 2 aromatic heterocycles. The van der Waals surface area contributed by atoms with Crippen LogP contribution in [0.2, 0.25) is 0 Å². The fourth-order valence-corrected chi connectivity index (χ4v) is 1.53. The number of anilines is 1. The lowest BCUT2D eigenvalue weighted by Crippen LogP contribution is -2.05. The van der Waals surface area contributed by atoms with E-state index in [2.05, 4.69) is 15.2 Å². The van der Waals surface area contributed by atoms with Gasteiger partial charge in [0.05, 0.1) is 13.7 Å². The number of nitrogens with two attached hydrogens (primary N) is 1. The van der Waals surface area contributed by atoms with Crippen LogP contribution >= 0.6 is 12.2 Å². The minimum Gasteiger partial charge on any atom is -0.481 e. The Morgan fingerprint density at radius 3 is 3.06 bits per heavy atom. The molecule has 84 valence electrons. The van der Waals surface area contributed by atoms with Gasteiger partial charge in [-0.2, -0.15) is 0 Å². The second-order valence-electron chi connectivity index (χ2n) is 3.18. The summed E-state index contributed by atoms with van der Waals surface area (Å²) in [6, 6.07) is 3.70. The molecule has 0 aliphatic rings. The Hall–Kier alpha value is -1.89. The molecule has 0 atom stereocenters. The van der Waals surface area contributed by atoms with Crippen molar-refractivity contribution in [3.8, 4) is 5.88 Å². The van der Waals surface area contributed by atoms with E-state index in [0.29, 0.717) is 23.1 Å². The first-order valence-electron chi connectivity index (χ1n) is 4.60. The van der Waals surface area contributed by atoms with Crippen molar-refractivity contribution in [3.63, 3.8) is 0 Å². The lowest BCUT2D eigenvalue weighted by Gasteiger charge is -2.05. The molecule has 2 heterocycles. The zero-order chi connectivity index (χ0) is 11.5. The minimum absolute atomic E-state index is 0.362. The monoisotopic (exact) mass is 237 g/mol. The van der Waals surface area contributed by atoms with E-state index in [9.17, 15) is 0 Å². The number of nitrogen functional groups attached to an aromatic ring is 1. The summed E-state index contributed by atoms with van der Waals surface area (Å²) in [5, 5.41) is 6.46. The summed E-state index contributed by atoms with van der Waals surface area (Å²) in [5.74, 6) is 0.923. The van der Waals surface area contributed by atoms with Crippen LogP contribution in [0.5, 0.6) is 5.88 Å². The summed E-state index contributed by atoms with van der Waals surface area (Å²) in [6.45, 7) is 0.542. The zero-order valence-electron chi connectivity index (χ0n) is 8.67. The van der Waals surface area contributed by atoms with E-state index in [1.54, 1.807) is 17.9 Å². The first-order valence-corrected chi connectivity index (χ1v) is 5.01. The highest BCUT2D eigenvalue weighted by Crippen LogP contribution is 2.11. The first-order chi connectivity index (χ1) is 7.70. The Balaban J connectivity index is 2.30. The number of H-pyrrole nitrogens is 1. The Morgan fingerprint density at radius 2 is 2.44 bits per heavy atom. The Morgan fingerprint density at radius 1 is 1.62 bits per heavy atom. The molecule has 0 bridgehead atoms. The Kier molecular flexibility index (Phi) is 2.86. The van der Waals surface area contributed by atoms with E-state index in [4.69, 9.17) is 22.7 Å². The molecule has 0 aliphatic carbocycles. The van der Waals surface area contributed by atoms with Crippen LogP contribution in [0, 0.1) is 4.77 Å². The topological polar surface area (TPSA) is 81.8 Å². The van der Waals surface area contributed by atoms with Gasteiger partial charge in [0.15, 0.2) is 4.77 Å². The normalized spacial score (nSPS) is 10.3. The number of nitrogens with one attached hydrogen (secondary N) is 1. The third-order valence-electron chi connectivity index (χ3n) is 2.14. The predicted molar refractivity (Wildman–Crippen MR) is 61.7 cm³/mol. The molecule has 0 aromatic carbocycles. The van der Waals surface area contributed by atoms with Gasteiger partial charge < -0.3 is 10.5 Å². The highest BCUT2D eigenvalue weighted by Gasteiger charge is 2.03. The molecule has 7 heteroatoms. The van der Waals surface area contributed by atoms with Crippen molar-refractivity contribution in [1.82, 2.24) is 19.7 Å². The molecule has 0 saturated heterocycles. The van der Waals surface area contributed by atoms with Crippen molar-refractivity contribution in [2.75, 3.05) is 12.8 Å². The summed E-state index contributed by atoms with van der Waals surface area (Å²) < 4.78 is 7.23. The number of pyridine rings is 1. The van der Waals surface area contributed by atoms with Crippen molar-refractivity contribution >= 4 is 18.2 Å². The molecule has 16 heavy (non-hydrogen) atoms. The SMILES string of the molecule is COc1cc(Cn2c(N)n[nH]c2=S)ccn1. The smallest absolute Gasteiger partial charge is 0.220 e. The molecule has 2 rings (SSSR count). The van der Waals surface area contributed by atoms with Crippen LogP contribution in [0.4, 0.5) is 5.95 Å². The highest BCUT2D eigenvalue weighted by molar-refractivity contribution is 7.71. The highest BCUT2D eigenvalue weighted by atomic mass is 32.1. The van der Waals surface area contributed by atoms with Gasteiger partial charge in [0.2, 0.25) is 11.8 Å². The van der Waals surface area contributed by atoms with Gasteiger partial charge in [-0.1, -0.05) is 0 Å². The quantitative estimate of drug-likeness (QED) is 0.777. The number of aromatic nitrogens is 4. The molecule has 0 fully saturated rings. The van der Waals surface area contributed by atoms with Gasteiger partial charge in [-0.25, -0.2) is 10.1 Å². The lowest BCUT2D eigenvalue weighted by molar-refractivity contribution is 0.397. The molecule has 0 saturated carbocycles. The summed E-state index contributed by atoms with van der Waals surface area (Å²) in [7, 11) is 1.57. The van der Waals surface area contributed by atoms with Gasteiger partial charge in [0, 0.05) is 12.3 Å². The standard InChI is InChI=1S/C9H11N5OS/c1-15-7-4-6(2-3-11-7)5-14-8(10)12-13-9(14)16/h2-4H,5H2,1H3,(H2,10,12)(H,13,16). The number of nitrogens with zero attached hydrogens (tertiary/aromatic N) is 3. The maximum Gasteiger partial charge on any atom is 0.220 e. The fraction of sp³-hybridized carbons (Fsp3) is 0.222. The average molecular weight is 237 g/mol. The maximum absolute atomic E-state index is 5.67. The molecule has 0 spiro atoms. The van der Waals surface area contributed by atoms with Crippen molar-refractivity contribution in [2.24, 2.45) is 0 Å². The van der Waals surface area contributed by atoms with Crippen LogP contribution in [0.1, 0.15) is 5.56 Å². The van der Waals surface area contributed by atoms with Crippen LogP contribution in [0.15, 0.2) is 18.3 Å². The molecule has 0 radical (unpaired) electrons. The molecular weight excluding hydrogens is 226 g/mol. The number of hydrogen-bond donors (Lipinski definition) is 2. The molecule has 3 N–H and O–H groups in total. The van der Waals surface area contributed by atoms with Gasteiger partial charge in [-0.15, -0.1) is 5.10 Å². The second-order valence-corrected chi connectivity index (χ2v) is 3.57. The molecule has 6 nitrogen and oxygen atoms in total. The zero-order valence-corrected chi connectivity index (χ0v) is 9.49. The Bertz CT molecular complexity index is 547. The summed E-state index contributed by atoms with van der Waals surface area (Å²) in [4.78, 5) is 4.02. The van der Waals surface area contributed by atoms with Gasteiger partial charge in [0.25, 0.3) is 0 Å². The number of rotatable bonds is 3. The third-order valence-corrected chi connectivity index (χ3v) is 2.45. The summed E-state index contributed by atoms with van der Waals surface area (Å²) in [5.41, 5.74) is 6.66. The summed E-state index contributed by atoms with van der Waals surface area (Å²) in [6.07, 6.45) is 1.67. The minimum atomic E-state index is 0.362. The Labute approximate surface area is 97.1 Å². The van der Waals surface area contributed by atoms with Crippen molar-refractivity contribution in [1.29, 1.82) is 0 Å².